The molecule has 0 unspecified atom stereocenters. The van der Waals surface area contributed by atoms with Crippen LogP contribution >= 0.6 is 11.8 Å². The predicted molar refractivity (Wildman–Crippen MR) is 103 cm³/mol. The number of nitrogens with one attached hydrogen (secondary N) is 2. The summed E-state index contributed by atoms with van der Waals surface area (Å²) in [5.41, 5.74) is 1.08. The van der Waals surface area contributed by atoms with Crippen molar-refractivity contribution in [1.29, 1.82) is 0 Å². The minimum atomic E-state index is 0.508. The van der Waals surface area contributed by atoms with Gasteiger partial charge in [0.2, 0.25) is 0 Å². The smallest absolute Gasteiger partial charge is 0.191 e. The van der Waals surface area contributed by atoms with Crippen molar-refractivity contribution in [3.63, 3.8) is 0 Å². The molecule has 0 aliphatic carbocycles. The first kappa shape index (κ1) is 19.4. The van der Waals surface area contributed by atoms with Gasteiger partial charge in [0.25, 0.3) is 0 Å². The summed E-state index contributed by atoms with van der Waals surface area (Å²) in [6.45, 7) is 8.66. The van der Waals surface area contributed by atoms with Crippen LogP contribution in [0.15, 0.2) is 41.9 Å². The number of nitrogens with zero attached hydrogens (tertiary/aromatic N) is 1. The van der Waals surface area contributed by atoms with Crippen molar-refractivity contribution < 1.29 is 4.74 Å². The summed E-state index contributed by atoms with van der Waals surface area (Å²) in [7, 11) is 0. The summed E-state index contributed by atoms with van der Waals surface area (Å²) in [5.74, 6) is 2.94. The minimum absolute atomic E-state index is 0.508. The Balaban J connectivity index is 2.57. The zero-order valence-corrected chi connectivity index (χ0v) is 15.1. The van der Waals surface area contributed by atoms with E-state index in [9.17, 15) is 0 Å². The topological polar surface area (TPSA) is 45.6 Å². The summed E-state index contributed by atoms with van der Waals surface area (Å²) in [6, 6.07) is 8.00. The lowest BCUT2D eigenvalue weighted by Crippen LogP contribution is -2.37. The zero-order chi connectivity index (χ0) is 16.8. The van der Waals surface area contributed by atoms with Gasteiger partial charge in [-0.15, -0.1) is 0 Å². The van der Waals surface area contributed by atoms with Crippen molar-refractivity contribution >= 4 is 17.7 Å². The molecule has 4 nitrogen and oxygen atoms in total. The van der Waals surface area contributed by atoms with E-state index in [0.29, 0.717) is 13.2 Å². The number of thioether (sulfide) groups is 1. The normalized spacial score (nSPS) is 11.1. The van der Waals surface area contributed by atoms with Gasteiger partial charge in [0.05, 0.1) is 6.54 Å². The minimum Gasteiger partial charge on any atom is -0.489 e. The molecule has 0 amide bonds. The van der Waals surface area contributed by atoms with Gasteiger partial charge in [-0.25, -0.2) is 4.99 Å². The largest absolute Gasteiger partial charge is 0.489 e. The van der Waals surface area contributed by atoms with Crippen molar-refractivity contribution in [2.45, 2.75) is 26.3 Å². The fourth-order valence-corrected chi connectivity index (χ4v) is 2.50. The van der Waals surface area contributed by atoms with E-state index >= 15 is 0 Å². The molecule has 128 valence electrons. The molecule has 0 radical (unpaired) electrons. The van der Waals surface area contributed by atoms with Gasteiger partial charge >= 0.3 is 0 Å². The quantitative estimate of drug-likeness (QED) is 0.281. The van der Waals surface area contributed by atoms with Gasteiger partial charge in [-0.05, 0) is 37.8 Å². The van der Waals surface area contributed by atoms with E-state index in [0.717, 1.165) is 36.8 Å². The first-order valence-electron chi connectivity index (χ1n) is 8.14. The second kappa shape index (κ2) is 12.9. The molecule has 1 aromatic rings. The average molecular weight is 336 g/mol. The van der Waals surface area contributed by atoms with Gasteiger partial charge in [0.15, 0.2) is 5.96 Å². The molecule has 0 bridgehead atoms. The lowest BCUT2D eigenvalue weighted by Gasteiger charge is -2.12. The van der Waals surface area contributed by atoms with Crippen molar-refractivity contribution in [3.8, 4) is 5.75 Å². The third kappa shape index (κ3) is 8.55. The van der Waals surface area contributed by atoms with Crippen LogP contribution in [0.3, 0.4) is 0 Å². The van der Waals surface area contributed by atoms with Gasteiger partial charge in [0.1, 0.15) is 12.4 Å². The maximum atomic E-state index is 5.67. The lowest BCUT2D eigenvalue weighted by atomic mass is 10.2. The van der Waals surface area contributed by atoms with Crippen LogP contribution in [0, 0.1) is 0 Å². The van der Waals surface area contributed by atoms with E-state index in [1.807, 2.05) is 36.0 Å². The second-order valence-electron chi connectivity index (χ2n) is 5.03. The molecule has 2 N–H and O–H groups in total. The van der Waals surface area contributed by atoms with E-state index in [1.165, 1.54) is 12.2 Å². The van der Waals surface area contributed by atoms with Crippen molar-refractivity contribution in [2.75, 3.05) is 31.7 Å². The number of rotatable bonds is 11. The Morgan fingerprint density at radius 1 is 1.30 bits per heavy atom. The van der Waals surface area contributed by atoms with Crippen LogP contribution in [0.4, 0.5) is 0 Å². The molecule has 0 atom stereocenters. The van der Waals surface area contributed by atoms with Crippen LogP contribution in [0.25, 0.3) is 0 Å². The molecule has 1 rings (SSSR count). The molecule has 0 saturated carbocycles. The Hall–Kier alpha value is -1.62. The molecule has 0 spiro atoms. The maximum Gasteiger partial charge on any atom is 0.191 e. The lowest BCUT2D eigenvalue weighted by molar-refractivity contribution is 0.359. The first-order chi connectivity index (χ1) is 11.3. The third-order valence-electron chi connectivity index (χ3n) is 3.15. The number of benzene rings is 1. The highest BCUT2D eigenvalue weighted by Crippen LogP contribution is 2.18. The number of aliphatic imine (C=N–C) groups is 1. The third-order valence-corrected chi connectivity index (χ3v) is 3.85. The average Bonchev–Trinajstić information content (AvgIpc) is 2.58. The number of hydrogen-bond acceptors (Lipinski definition) is 3. The number of guanidine groups is 1. The highest BCUT2D eigenvalue weighted by molar-refractivity contribution is 7.98. The number of para-hydroxylation sites is 1. The van der Waals surface area contributed by atoms with Gasteiger partial charge in [0, 0.05) is 18.7 Å². The monoisotopic (exact) mass is 335 g/mol. The molecule has 5 heteroatoms. The fraction of sp³-hybridized carbons (Fsp3) is 0.500. The van der Waals surface area contributed by atoms with E-state index in [-0.39, 0.29) is 0 Å². The SMILES string of the molecule is C=CCOc1ccccc1CN=C(NCC)NCCCCSC. The van der Waals surface area contributed by atoms with Gasteiger partial charge in [-0.2, -0.15) is 11.8 Å². The van der Waals surface area contributed by atoms with Gasteiger partial charge < -0.3 is 15.4 Å². The Labute approximate surface area is 144 Å². The van der Waals surface area contributed by atoms with Crippen molar-refractivity contribution in [2.24, 2.45) is 4.99 Å². The summed E-state index contributed by atoms with van der Waals surface area (Å²) in [5, 5.41) is 6.67. The van der Waals surface area contributed by atoms with Crippen molar-refractivity contribution in [3.05, 3.63) is 42.5 Å². The molecule has 1 aromatic carbocycles. The molecule has 0 saturated heterocycles. The van der Waals surface area contributed by atoms with Crippen molar-refractivity contribution in [1.82, 2.24) is 10.6 Å². The molecule has 0 aromatic heterocycles. The second-order valence-corrected chi connectivity index (χ2v) is 6.01. The number of ether oxygens (including phenoxy) is 1. The predicted octanol–water partition coefficient (Wildman–Crippen LogP) is 3.45. The molecule has 0 fully saturated rings. The number of unbranched alkanes of at least 4 members (excludes halogenated alkanes) is 1. The summed E-state index contributed by atoms with van der Waals surface area (Å²) in [4.78, 5) is 4.65. The molecule has 23 heavy (non-hydrogen) atoms. The molecule has 0 aliphatic heterocycles. The molecular formula is C18H29N3OS. The Kier molecular flexibility index (Phi) is 10.9. The summed E-state index contributed by atoms with van der Waals surface area (Å²) < 4.78 is 5.67. The van der Waals surface area contributed by atoms with Crippen LogP contribution in [-0.4, -0.2) is 37.7 Å². The van der Waals surface area contributed by atoms with Crippen LogP contribution in [0.1, 0.15) is 25.3 Å². The maximum absolute atomic E-state index is 5.67. The molecule has 0 heterocycles. The highest BCUT2D eigenvalue weighted by atomic mass is 32.2. The van der Waals surface area contributed by atoms with Gasteiger partial charge in [-0.1, -0.05) is 30.9 Å². The first-order valence-corrected chi connectivity index (χ1v) is 9.54. The zero-order valence-electron chi connectivity index (χ0n) is 14.3. The fourth-order valence-electron chi connectivity index (χ4n) is 2.01. The Bertz CT molecular complexity index is 477. The van der Waals surface area contributed by atoms with E-state index < -0.39 is 0 Å². The highest BCUT2D eigenvalue weighted by Gasteiger charge is 2.03. The van der Waals surface area contributed by atoms with E-state index in [1.54, 1.807) is 6.08 Å². The Morgan fingerprint density at radius 2 is 2.13 bits per heavy atom. The van der Waals surface area contributed by atoms with E-state index in [2.05, 4.69) is 35.4 Å². The molecule has 0 aliphatic rings. The van der Waals surface area contributed by atoms with Crippen LogP contribution in [-0.2, 0) is 6.54 Å². The van der Waals surface area contributed by atoms with Crippen LogP contribution < -0.4 is 15.4 Å². The summed E-state index contributed by atoms with van der Waals surface area (Å²) >= 11 is 1.89. The number of hydrogen-bond donors (Lipinski definition) is 2. The van der Waals surface area contributed by atoms with Crippen LogP contribution in [0.2, 0.25) is 0 Å². The standard InChI is InChI=1S/C18H29N3OS/c1-4-13-22-17-11-7-6-10-16(17)15-21-18(19-5-2)20-12-8-9-14-23-3/h4,6-7,10-11H,1,5,8-9,12-15H2,2-3H3,(H2,19,20,21). The van der Waals surface area contributed by atoms with Crippen LogP contribution in [0.5, 0.6) is 5.75 Å². The van der Waals surface area contributed by atoms with Gasteiger partial charge in [-0.3, -0.25) is 0 Å². The Morgan fingerprint density at radius 3 is 2.87 bits per heavy atom. The summed E-state index contributed by atoms with van der Waals surface area (Å²) in [6.07, 6.45) is 6.28. The molecular weight excluding hydrogens is 306 g/mol. The van der Waals surface area contributed by atoms with E-state index in [4.69, 9.17) is 4.74 Å².